The van der Waals surface area contributed by atoms with Gasteiger partial charge in [-0.05, 0) is 6.42 Å². The molecule has 0 radical (unpaired) electrons. The monoisotopic (exact) mass is 189 g/mol. The third-order valence-electron chi connectivity index (χ3n) is 1.89. The molecule has 0 saturated carbocycles. The first-order chi connectivity index (χ1) is 6.09. The molecule has 0 unspecified atom stereocenters. The number of nitrogens with one attached hydrogen (secondary N) is 1. The second-order valence-corrected chi connectivity index (χ2v) is 2.75. The highest BCUT2D eigenvalue weighted by Gasteiger charge is 2.37. The van der Waals surface area contributed by atoms with Crippen LogP contribution in [0.15, 0.2) is 4.99 Å². The minimum atomic E-state index is -4.34. The molecule has 70 valence electrons. The molecule has 0 aliphatic carbocycles. The van der Waals surface area contributed by atoms with Crippen LogP contribution < -0.4 is 0 Å². The Morgan fingerprint density at radius 2 is 2.15 bits per heavy atom. The standard InChI is InChI=1S/C7H6F3N3/c8-7(9,10)6-4-1-2-11-3-5(4)12-13-6/h3H,1-2H2,(H,12,13). The van der Waals surface area contributed by atoms with Crippen molar-refractivity contribution in [1.29, 1.82) is 0 Å². The highest BCUT2D eigenvalue weighted by molar-refractivity contribution is 5.80. The van der Waals surface area contributed by atoms with E-state index in [0.29, 0.717) is 18.7 Å². The van der Waals surface area contributed by atoms with E-state index in [1.54, 1.807) is 0 Å². The van der Waals surface area contributed by atoms with Crippen molar-refractivity contribution in [2.24, 2.45) is 4.99 Å². The predicted molar refractivity (Wildman–Crippen MR) is 39.8 cm³/mol. The van der Waals surface area contributed by atoms with Crippen molar-refractivity contribution in [1.82, 2.24) is 10.2 Å². The van der Waals surface area contributed by atoms with Gasteiger partial charge in [-0.1, -0.05) is 0 Å². The van der Waals surface area contributed by atoms with Gasteiger partial charge in [0.05, 0.1) is 0 Å². The third kappa shape index (κ3) is 1.32. The molecule has 0 amide bonds. The van der Waals surface area contributed by atoms with Crippen molar-refractivity contribution in [3.63, 3.8) is 0 Å². The van der Waals surface area contributed by atoms with Crippen LogP contribution in [0.5, 0.6) is 0 Å². The van der Waals surface area contributed by atoms with Gasteiger partial charge >= 0.3 is 6.18 Å². The van der Waals surface area contributed by atoms with Gasteiger partial charge in [0.15, 0.2) is 0 Å². The van der Waals surface area contributed by atoms with Crippen LogP contribution in [0, 0.1) is 0 Å². The molecule has 0 saturated heterocycles. The number of aromatic nitrogens is 2. The molecule has 6 heteroatoms. The van der Waals surface area contributed by atoms with Crippen LogP contribution in [0.1, 0.15) is 17.0 Å². The smallest absolute Gasteiger partial charge is 0.291 e. The lowest BCUT2D eigenvalue weighted by Gasteiger charge is -2.08. The molecule has 1 aromatic rings. The van der Waals surface area contributed by atoms with Crippen LogP contribution in [-0.2, 0) is 12.6 Å². The lowest BCUT2D eigenvalue weighted by atomic mass is 10.1. The quantitative estimate of drug-likeness (QED) is 0.658. The molecule has 0 atom stereocenters. The van der Waals surface area contributed by atoms with E-state index in [0.717, 1.165) is 0 Å². The van der Waals surface area contributed by atoms with E-state index in [2.05, 4.69) is 10.1 Å². The summed E-state index contributed by atoms with van der Waals surface area (Å²) in [5.41, 5.74) is -0.213. The number of aromatic amines is 1. The van der Waals surface area contributed by atoms with Crippen molar-refractivity contribution in [2.75, 3.05) is 6.54 Å². The van der Waals surface area contributed by atoms with Gasteiger partial charge in [0.25, 0.3) is 0 Å². The summed E-state index contributed by atoms with van der Waals surface area (Å²) in [5.74, 6) is 0. The van der Waals surface area contributed by atoms with Crippen molar-refractivity contribution in [2.45, 2.75) is 12.6 Å². The number of fused-ring (bicyclic) bond motifs is 1. The molecular weight excluding hydrogens is 183 g/mol. The normalized spacial score (nSPS) is 15.9. The largest absolute Gasteiger partial charge is 0.433 e. The Balaban J connectivity index is 2.50. The first kappa shape index (κ1) is 8.28. The summed E-state index contributed by atoms with van der Waals surface area (Å²) in [6, 6.07) is 0. The minimum absolute atomic E-state index is 0.225. The Morgan fingerprint density at radius 1 is 1.38 bits per heavy atom. The maximum absolute atomic E-state index is 12.3. The lowest BCUT2D eigenvalue weighted by Crippen LogP contribution is -2.11. The number of rotatable bonds is 0. The molecule has 13 heavy (non-hydrogen) atoms. The van der Waals surface area contributed by atoms with Gasteiger partial charge < -0.3 is 0 Å². The van der Waals surface area contributed by atoms with Gasteiger partial charge in [-0.2, -0.15) is 18.3 Å². The van der Waals surface area contributed by atoms with E-state index in [9.17, 15) is 13.2 Å². The molecule has 0 aromatic carbocycles. The fourth-order valence-corrected chi connectivity index (χ4v) is 1.30. The molecule has 2 heterocycles. The molecule has 1 aliphatic heterocycles. The summed E-state index contributed by atoms with van der Waals surface area (Å²) in [5, 5.41) is 5.52. The van der Waals surface area contributed by atoms with Gasteiger partial charge in [-0.3, -0.25) is 10.1 Å². The Kier molecular flexibility index (Phi) is 1.64. The van der Waals surface area contributed by atoms with E-state index in [1.165, 1.54) is 6.21 Å². The summed E-state index contributed by atoms with van der Waals surface area (Å²) in [6.07, 6.45) is -2.67. The number of aliphatic imine (C=N–C) groups is 1. The maximum atomic E-state index is 12.3. The molecule has 1 N–H and O–H groups in total. The van der Waals surface area contributed by atoms with Crippen LogP contribution in [0.4, 0.5) is 13.2 Å². The fourth-order valence-electron chi connectivity index (χ4n) is 1.30. The minimum Gasteiger partial charge on any atom is -0.291 e. The second kappa shape index (κ2) is 2.58. The fraction of sp³-hybridized carbons (Fsp3) is 0.429. The van der Waals surface area contributed by atoms with E-state index in [1.807, 2.05) is 5.10 Å². The zero-order chi connectivity index (χ0) is 9.47. The Bertz CT molecular complexity index is 350. The predicted octanol–water partition coefficient (Wildman–Crippen LogP) is 1.40. The highest BCUT2D eigenvalue weighted by Crippen LogP contribution is 2.32. The molecule has 0 bridgehead atoms. The average Bonchev–Trinajstić information content (AvgIpc) is 2.45. The average molecular weight is 189 g/mol. The van der Waals surface area contributed by atoms with Crippen molar-refractivity contribution < 1.29 is 13.2 Å². The molecule has 0 spiro atoms. The zero-order valence-corrected chi connectivity index (χ0v) is 6.52. The van der Waals surface area contributed by atoms with Crippen LogP contribution in [0.2, 0.25) is 0 Å². The van der Waals surface area contributed by atoms with Crippen molar-refractivity contribution in [3.8, 4) is 0 Å². The summed E-state index contributed by atoms with van der Waals surface area (Å²) < 4.78 is 36.9. The Labute approximate surface area is 71.7 Å². The Hall–Kier alpha value is -1.33. The SMILES string of the molecule is FC(F)(F)c1[nH]nc2c1CCN=C2. The number of alkyl halides is 3. The number of hydrogen-bond donors (Lipinski definition) is 1. The highest BCUT2D eigenvalue weighted by atomic mass is 19.4. The first-order valence-corrected chi connectivity index (χ1v) is 3.73. The van der Waals surface area contributed by atoms with Gasteiger partial charge in [-0.25, -0.2) is 0 Å². The maximum Gasteiger partial charge on any atom is 0.433 e. The Morgan fingerprint density at radius 3 is 2.85 bits per heavy atom. The zero-order valence-electron chi connectivity index (χ0n) is 6.52. The molecule has 2 rings (SSSR count). The van der Waals surface area contributed by atoms with Crippen molar-refractivity contribution >= 4 is 6.21 Å². The number of hydrogen-bond acceptors (Lipinski definition) is 2. The third-order valence-corrected chi connectivity index (χ3v) is 1.89. The van der Waals surface area contributed by atoms with E-state index >= 15 is 0 Å². The second-order valence-electron chi connectivity index (χ2n) is 2.75. The van der Waals surface area contributed by atoms with Gasteiger partial charge in [0.2, 0.25) is 0 Å². The number of nitrogens with zero attached hydrogens (tertiary/aromatic N) is 2. The van der Waals surface area contributed by atoms with E-state index in [-0.39, 0.29) is 5.56 Å². The molecular formula is C7H6F3N3. The molecule has 1 aliphatic rings. The lowest BCUT2D eigenvalue weighted by molar-refractivity contribution is -0.141. The van der Waals surface area contributed by atoms with E-state index < -0.39 is 11.9 Å². The van der Waals surface area contributed by atoms with Crippen LogP contribution in [0.25, 0.3) is 0 Å². The number of H-pyrrole nitrogens is 1. The van der Waals surface area contributed by atoms with Gasteiger partial charge in [0.1, 0.15) is 11.4 Å². The van der Waals surface area contributed by atoms with Gasteiger partial charge in [-0.15, -0.1) is 0 Å². The topological polar surface area (TPSA) is 41.0 Å². The van der Waals surface area contributed by atoms with Crippen molar-refractivity contribution in [3.05, 3.63) is 17.0 Å². The summed E-state index contributed by atoms with van der Waals surface area (Å²) in [4.78, 5) is 3.84. The van der Waals surface area contributed by atoms with Crippen LogP contribution in [0.3, 0.4) is 0 Å². The van der Waals surface area contributed by atoms with Crippen LogP contribution >= 0.6 is 0 Å². The summed E-state index contributed by atoms with van der Waals surface area (Å²) in [7, 11) is 0. The molecule has 3 nitrogen and oxygen atoms in total. The summed E-state index contributed by atoms with van der Waals surface area (Å²) in [6.45, 7) is 0.398. The van der Waals surface area contributed by atoms with Gasteiger partial charge in [0, 0.05) is 18.3 Å². The molecule has 0 fully saturated rings. The summed E-state index contributed by atoms with van der Waals surface area (Å²) >= 11 is 0. The molecule has 1 aromatic heterocycles. The van der Waals surface area contributed by atoms with E-state index in [4.69, 9.17) is 0 Å². The first-order valence-electron chi connectivity index (χ1n) is 3.73. The van der Waals surface area contributed by atoms with Crippen LogP contribution in [-0.4, -0.2) is 23.0 Å². The number of halogens is 3.